The summed E-state index contributed by atoms with van der Waals surface area (Å²) in [5, 5.41) is 12.2. The largest absolute Gasteiger partial charge is 0.358 e. The summed E-state index contributed by atoms with van der Waals surface area (Å²) >= 11 is 2.93. The fourth-order valence-corrected chi connectivity index (χ4v) is 3.90. The van der Waals surface area contributed by atoms with Crippen molar-refractivity contribution in [2.45, 2.75) is 50.7 Å². The lowest BCUT2D eigenvalue weighted by Gasteiger charge is -2.26. The summed E-state index contributed by atoms with van der Waals surface area (Å²) in [6.07, 6.45) is 0. The van der Waals surface area contributed by atoms with Crippen LogP contribution in [0.3, 0.4) is 0 Å². The second-order valence-electron chi connectivity index (χ2n) is 6.06. The maximum Gasteiger partial charge on any atom is 0.233 e. The van der Waals surface area contributed by atoms with Crippen LogP contribution in [-0.2, 0) is 11.3 Å². The summed E-state index contributed by atoms with van der Waals surface area (Å²) in [6, 6.07) is 10.5. The van der Waals surface area contributed by atoms with Crippen molar-refractivity contribution in [3.63, 3.8) is 0 Å². The first kappa shape index (κ1) is 18.7. The van der Waals surface area contributed by atoms with E-state index in [0.29, 0.717) is 18.3 Å². The van der Waals surface area contributed by atoms with Gasteiger partial charge in [0.25, 0.3) is 0 Å². The quantitative estimate of drug-likeness (QED) is 0.720. The van der Waals surface area contributed by atoms with Gasteiger partial charge in [-0.1, -0.05) is 53.4 Å². The number of carbonyl (C=O) groups excluding carboxylic acids is 1. The molecule has 0 unspecified atom stereocenters. The van der Waals surface area contributed by atoms with Crippen molar-refractivity contribution in [1.29, 1.82) is 0 Å². The zero-order valence-electron chi connectivity index (χ0n) is 14.5. The first-order valence-corrected chi connectivity index (χ1v) is 9.82. The van der Waals surface area contributed by atoms with E-state index < -0.39 is 0 Å². The lowest BCUT2D eigenvalue weighted by Crippen LogP contribution is -2.37. The average Bonchev–Trinajstić information content (AvgIpc) is 2.97. The fraction of sp³-hybridized carbons (Fsp3) is 0.471. The number of anilines is 1. The SMILES string of the molecule is CC(C)Nc1nnc(SCC(=O)N(Cc2ccccc2)C(C)C)s1. The Bertz CT molecular complexity index is 643. The van der Waals surface area contributed by atoms with Crippen molar-refractivity contribution in [2.24, 2.45) is 0 Å². The molecular weight excluding hydrogens is 340 g/mol. The molecule has 0 aliphatic carbocycles. The van der Waals surface area contributed by atoms with Gasteiger partial charge in [0.2, 0.25) is 11.0 Å². The highest BCUT2D eigenvalue weighted by Crippen LogP contribution is 2.26. The molecule has 1 heterocycles. The Morgan fingerprint density at radius 2 is 1.92 bits per heavy atom. The standard InChI is InChI=1S/C17H24N4OS2/c1-12(2)18-16-19-20-17(24-16)23-11-15(22)21(13(3)4)10-14-8-6-5-7-9-14/h5-9,12-13H,10-11H2,1-4H3,(H,18,19). The van der Waals surface area contributed by atoms with Gasteiger partial charge in [-0.25, -0.2) is 0 Å². The molecule has 0 atom stereocenters. The molecule has 1 aromatic carbocycles. The van der Waals surface area contributed by atoms with Crippen molar-refractivity contribution in [3.8, 4) is 0 Å². The third-order valence-corrected chi connectivity index (χ3v) is 5.25. The van der Waals surface area contributed by atoms with Gasteiger partial charge in [0.05, 0.1) is 5.75 Å². The van der Waals surface area contributed by atoms with E-state index >= 15 is 0 Å². The number of nitrogens with one attached hydrogen (secondary N) is 1. The Balaban J connectivity index is 1.92. The van der Waals surface area contributed by atoms with Gasteiger partial charge < -0.3 is 10.2 Å². The van der Waals surface area contributed by atoms with Gasteiger partial charge in [0, 0.05) is 18.6 Å². The van der Waals surface area contributed by atoms with Gasteiger partial charge in [-0.15, -0.1) is 10.2 Å². The van der Waals surface area contributed by atoms with Crippen LogP contribution >= 0.6 is 23.1 Å². The number of amides is 1. The molecule has 24 heavy (non-hydrogen) atoms. The van der Waals surface area contributed by atoms with Gasteiger partial charge >= 0.3 is 0 Å². The molecular formula is C17H24N4OS2. The summed E-state index contributed by atoms with van der Waals surface area (Å²) < 4.78 is 0.815. The minimum Gasteiger partial charge on any atom is -0.358 e. The van der Waals surface area contributed by atoms with E-state index in [1.807, 2.05) is 49.1 Å². The number of rotatable bonds is 8. The molecule has 0 aliphatic rings. The number of aromatic nitrogens is 2. The molecule has 130 valence electrons. The highest BCUT2D eigenvalue weighted by molar-refractivity contribution is 8.01. The molecule has 1 aromatic heterocycles. The number of thioether (sulfide) groups is 1. The molecule has 5 nitrogen and oxygen atoms in total. The number of hydrogen-bond donors (Lipinski definition) is 1. The molecule has 0 spiro atoms. The van der Waals surface area contributed by atoms with Crippen molar-refractivity contribution >= 4 is 34.1 Å². The highest BCUT2D eigenvalue weighted by Gasteiger charge is 2.18. The molecule has 0 bridgehead atoms. The summed E-state index contributed by atoms with van der Waals surface area (Å²) in [5.41, 5.74) is 1.14. The second-order valence-corrected chi connectivity index (χ2v) is 8.26. The van der Waals surface area contributed by atoms with Gasteiger partial charge in [-0.3, -0.25) is 4.79 Å². The highest BCUT2D eigenvalue weighted by atomic mass is 32.2. The summed E-state index contributed by atoms with van der Waals surface area (Å²) in [6.45, 7) is 8.83. The van der Waals surface area contributed by atoms with Crippen LogP contribution in [0.5, 0.6) is 0 Å². The Labute approximate surface area is 151 Å². The van der Waals surface area contributed by atoms with Crippen molar-refractivity contribution in [3.05, 3.63) is 35.9 Å². The lowest BCUT2D eigenvalue weighted by atomic mass is 10.2. The molecule has 2 aromatic rings. The molecule has 2 rings (SSSR count). The number of hydrogen-bond acceptors (Lipinski definition) is 6. The van der Waals surface area contributed by atoms with E-state index in [-0.39, 0.29) is 11.9 Å². The minimum atomic E-state index is 0.118. The Kier molecular flexibility index (Phi) is 7.05. The second kappa shape index (κ2) is 9.03. The third kappa shape index (κ3) is 5.79. The van der Waals surface area contributed by atoms with E-state index in [0.717, 1.165) is 15.0 Å². The molecule has 0 fully saturated rings. The third-order valence-electron chi connectivity index (χ3n) is 3.28. The molecule has 1 amide bonds. The molecule has 0 radical (unpaired) electrons. The number of nitrogens with zero attached hydrogens (tertiary/aromatic N) is 3. The van der Waals surface area contributed by atoms with E-state index in [1.54, 1.807) is 0 Å². The van der Waals surface area contributed by atoms with Gasteiger partial charge in [0.15, 0.2) is 4.34 Å². The minimum absolute atomic E-state index is 0.118. The van der Waals surface area contributed by atoms with Crippen LogP contribution in [0.15, 0.2) is 34.7 Å². The zero-order chi connectivity index (χ0) is 17.5. The van der Waals surface area contributed by atoms with E-state index in [2.05, 4.69) is 29.4 Å². The first-order chi connectivity index (χ1) is 11.5. The lowest BCUT2D eigenvalue weighted by molar-refractivity contribution is -0.130. The van der Waals surface area contributed by atoms with Crippen LogP contribution < -0.4 is 5.32 Å². The maximum absolute atomic E-state index is 12.6. The van der Waals surface area contributed by atoms with Crippen LogP contribution in [0, 0.1) is 0 Å². The van der Waals surface area contributed by atoms with Crippen LogP contribution in [0.25, 0.3) is 0 Å². The van der Waals surface area contributed by atoms with E-state index in [9.17, 15) is 4.79 Å². The predicted octanol–water partition coefficient (Wildman–Crippen LogP) is 3.89. The average molecular weight is 365 g/mol. The summed E-state index contributed by atoms with van der Waals surface area (Å²) in [4.78, 5) is 14.5. The zero-order valence-corrected chi connectivity index (χ0v) is 16.2. The smallest absolute Gasteiger partial charge is 0.233 e. The molecule has 0 saturated heterocycles. The Morgan fingerprint density at radius 1 is 1.21 bits per heavy atom. The molecule has 0 aliphatic heterocycles. The van der Waals surface area contributed by atoms with Crippen molar-refractivity contribution in [2.75, 3.05) is 11.1 Å². The molecule has 1 N–H and O–H groups in total. The van der Waals surface area contributed by atoms with Crippen LogP contribution in [0.2, 0.25) is 0 Å². The monoisotopic (exact) mass is 364 g/mol. The van der Waals surface area contributed by atoms with Crippen LogP contribution in [0.4, 0.5) is 5.13 Å². The summed E-state index contributed by atoms with van der Waals surface area (Å²) in [5.74, 6) is 0.494. The number of carbonyl (C=O) groups is 1. The van der Waals surface area contributed by atoms with E-state index in [1.165, 1.54) is 23.1 Å². The van der Waals surface area contributed by atoms with Gasteiger partial charge in [-0.2, -0.15) is 0 Å². The Hall–Kier alpha value is -1.60. The maximum atomic E-state index is 12.6. The van der Waals surface area contributed by atoms with Crippen LogP contribution in [-0.4, -0.2) is 38.8 Å². The molecule has 7 heteroatoms. The number of benzene rings is 1. The Morgan fingerprint density at radius 3 is 2.54 bits per heavy atom. The van der Waals surface area contributed by atoms with Crippen molar-refractivity contribution in [1.82, 2.24) is 15.1 Å². The van der Waals surface area contributed by atoms with Gasteiger partial charge in [-0.05, 0) is 33.3 Å². The van der Waals surface area contributed by atoms with Crippen molar-refractivity contribution < 1.29 is 4.79 Å². The molecule has 0 saturated carbocycles. The van der Waals surface area contributed by atoms with E-state index in [4.69, 9.17) is 0 Å². The van der Waals surface area contributed by atoms with Gasteiger partial charge in [0.1, 0.15) is 0 Å². The topological polar surface area (TPSA) is 58.1 Å². The first-order valence-electron chi connectivity index (χ1n) is 8.02. The normalized spacial score (nSPS) is 11.1. The summed E-state index contributed by atoms with van der Waals surface area (Å²) in [7, 11) is 0. The van der Waals surface area contributed by atoms with Crippen LogP contribution in [0.1, 0.15) is 33.3 Å². The fourth-order valence-electron chi connectivity index (χ4n) is 2.12. The predicted molar refractivity (Wildman–Crippen MR) is 102 cm³/mol.